The lowest BCUT2D eigenvalue weighted by Gasteiger charge is -2.11. The molecule has 0 bridgehead atoms. The monoisotopic (exact) mass is 393 g/mol. The maximum absolute atomic E-state index is 12.4. The number of anilines is 2. The molecule has 1 heterocycles. The minimum absolute atomic E-state index is 0.302. The third-order valence-electron chi connectivity index (χ3n) is 4.11. The highest BCUT2D eigenvalue weighted by Crippen LogP contribution is 2.23. The van der Waals surface area contributed by atoms with E-state index in [1.807, 2.05) is 36.4 Å². The number of nitrogens with zero attached hydrogens (tertiary/aromatic N) is 1. The van der Waals surface area contributed by atoms with Crippen LogP contribution < -0.4 is 24.8 Å². The molecule has 7 heteroatoms. The zero-order chi connectivity index (χ0) is 20.5. The summed E-state index contributed by atoms with van der Waals surface area (Å²) in [7, 11) is 3.18. The van der Waals surface area contributed by atoms with Crippen LogP contribution in [0.15, 0.2) is 66.9 Å². The predicted molar refractivity (Wildman–Crippen MR) is 112 cm³/mol. The number of benzene rings is 2. The SMILES string of the molecule is COc1ccc(OCCNc2ccc(C(=O)Nc3ccccc3OC)nc2)cc1. The molecule has 1 aromatic heterocycles. The average Bonchev–Trinajstić information content (AvgIpc) is 2.78. The normalized spacial score (nSPS) is 10.1. The summed E-state index contributed by atoms with van der Waals surface area (Å²) in [6.45, 7) is 1.09. The Labute approximate surface area is 169 Å². The molecule has 0 spiro atoms. The summed E-state index contributed by atoms with van der Waals surface area (Å²) in [5.74, 6) is 1.85. The molecule has 7 nitrogen and oxygen atoms in total. The number of ether oxygens (including phenoxy) is 3. The van der Waals surface area contributed by atoms with Crippen molar-refractivity contribution >= 4 is 17.3 Å². The lowest BCUT2D eigenvalue weighted by Crippen LogP contribution is -2.15. The third kappa shape index (κ3) is 5.62. The van der Waals surface area contributed by atoms with E-state index in [9.17, 15) is 4.79 Å². The highest BCUT2D eigenvalue weighted by molar-refractivity contribution is 6.03. The van der Waals surface area contributed by atoms with Crippen LogP contribution in [0.1, 0.15) is 10.5 Å². The number of aromatic nitrogens is 1. The van der Waals surface area contributed by atoms with Gasteiger partial charge in [-0.05, 0) is 48.5 Å². The summed E-state index contributed by atoms with van der Waals surface area (Å²) in [5, 5.41) is 6.01. The smallest absolute Gasteiger partial charge is 0.274 e. The summed E-state index contributed by atoms with van der Waals surface area (Å²) in [5.41, 5.74) is 1.72. The highest BCUT2D eigenvalue weighted by Gasteiger charge is 2.10. The predicted octanol–water partition coefficient (Wildman–Crippen LogP) is 3.84. The molecule has 29 heavy (non-hydrogen) atoms. The van der Waals surface area contributed by atoms with Crippen molar-refractivity contribution in [1.29, 1.82) is 0 Å². The summed E-state index contributed by atoms with van der Waals surface area (Å²) >= 11 is 0. The molecule has 150 valence electrons. The maximum Gasteiger partial charge on any atom is 0.274 e. The topological polar surface area (TPSA) is 81.7 Å². The molecule has 3 rings (SSSR count). The van der Waals surface area contributed by atoms with Crippen LogP contribution in [0.5, 0.6) is 17.2 Å². The Morgan fingerprint density at radius 2 is 1.69 bits per heavy atom. The van der Waals surface area contributed by atoms with Crippen molar-refractivity contribution in [2.24, 2.45) is 0 Å². The standard InChI is InChI=1S/C22H23N3O4/c1-27-17-8-10-18(11-9-17)29-14-13-23-16-7-12-20(24-15-16)22(26)25-19-5-3-4-6-21(19)28-2/h3-12,15,23H,13-14H2,1-2H3,(H,25,26). The van der Waals surface area contributed by atoms with Gasteiger partial charge in [0.1, 0.15) is 29.5 Å². The van der Waals surface area contributed by atoms with E-state index < -0.39 is 0 Å². The molecule has 0 atom stereocenters. The highest BCUT2D eigenvalue weighted by atomic mass is 16.5. The van der Waals surface area contributed by atoms with Gasteiger partial charge in [-0.2, -0.15) is 0 Å². The summed E-state index contributed by atoms with van der Waals surface area (Å²) < 4.78 is 16.0. The van der Waals surface area contributed by atoms with Crippen LogP contribution in [0.4, 0.5) is 11.4 Å². The first-order valence-electron chi connectivity index (χ1n) is 9.11. The minimum atomic E-state index is -0.302. The molecule has 0 radical (unpaired) electrons. The van der Waals surface area contributed by atoms with E-state index in [0.717, 1.165) is 17.2 Å². The Kier molecular flexibility index (Phi) is 6.89. The van der Waals surface area contributed by atoms with E-state index in [4.69, 9.17) is 14.2 Å². The van der Waals surface area contributed by atoms with Crippen LogP contribution in [0.3, 0.4) is 0 Å². The molecule has 0 aliphatic carbocycles. The lowest BCUT2D eigenvalue weighted by molar-refractivity contribution is 0.102. The largest absolute Gasteiger partial charge is 0.497 e. The van der Waals surface area contributed by atoms with E-state index in [1.54, 1.807) is 44.7 Å². The van der Waals surface area contributed by atoms with Crippen molar-refractivity contribution in [2.75, 3.05) is 38.0 Å². The van der Waals surface area contributed by atoms with Gasteiger partial charge in [-0.15, -0.1) is 0 Å². The van der Waals surface area contributed by atoms with E-state index in [1.165, 1.54) is 0 Å². The molecule has 0 saturated heterocycles. The number of carbonyl (C=O) groups excluding carboxylic acids is 1. The first-order chi connectivity index (χ1) is 14.2. The van der Waals surface area contributed by atoms with Crippen LogP contribution in [-0.2, 0) is 0 Å². The average molecular weight is 393 g/mol. The van der Waals surface area contributed by atoms with Gasteiger partial charge in [0, 0.05) is 6.54 Å². The number of methoxy groups -OCH3 is 2. The van der Waals surface area contributed by atoms with Crippen molar-refractivity contribution < 1.29 is 19.0 Å². The molecule has 0 fully saturated rings. The second-order valence-electron chi connectivity index (χ2n) is 6.04. The molecule has 2 N–H and O–H groups in total. The Balaban J connectivity index is 1.47. The van der Waals surface area contributed by atoms with Crippen molar-refractivity contribution in [3.05, 3.63) is 72.6 Å². The second kappa shape index (κ2) is 9.98. The van der Waals surface area contributed by atoms with Crippen molar-refractivity contribution in [1.82, 2.24) is 4.98 Å². The Morgan fingerprint density at radius 3 is 2.38 bits per heavy atom. The number of para-hydroxylation sites is 2. The van der Waals surface area contributed by atoms with Gasteiger partial charge in [0.25, 0.3) is 5.91 Å². The molecular formula is C22H23N3O4. The fraction of sp³-hybridized carbons (Fsp3) is 0.182. The third-order valence-corrected chi connectivity index (χ3v) is 4.11. The van der Waals surface area contributed by atoms with Gasteiger partial charge in [0.2, 0.25) is 0 Å². The number of nitrogens with one attached hydrogen (secondary N) is 2. The second-order valence-corrected chi connectivity index (χ2v) is 6.04. The molecule has 0 aliphatic heterocycles. The Morgan fingerprint density at radius 1 is 0.931 bits per heavy atom. The van der Waals surface area contributed by atoms with Gasteiger partial charge in [-0.25, -0.2) is 4.98 Å². The van der Waals surface area contributed by atoms with Gasteiger partial charge in [-0.3, -0.25) is 4.79 Å². The molecule has 2 aromatic carbocycles. The molecule has 0 saturated carbocycles. The summed E-state index contributed by atoms with van der Waals surface area (Å²) in [6.07, 6.45) is 1.62. The van der Waals surface area contributed by atoms with E-state index in [2.05, 4.69) is 15.6 Å². The number of amides is 1. The summed E-state index contributed by atoms with van der Waals surface area (Å²) in [4.78, 5) is 16.6. The Hall–Kier alpha value is -3.74. The number of carbonyl (C=O) groups is 1. The van der Waals surface area contributed by atoms with Crippen molar-refractivity contribution in [3.63, 3.8) is 0 Å². The fourth-order valence-electron chi connectivity index (χ4n) is 2.60. The first-order valence-corrected chi connectivity index (χ1v) is 9.11. The number of hydrogen-bond acceptors (Lipinski definition) is 6. The van der Waals surface area contributed by atoms with Gasteiger partial charge in [0.15, 0.2) is 0 Å². The van der Waals surface area contributed by atoms with Crippen LogP contribution >= 0.6 is 0 Å². The van der Waals surface area contributed by atoms with E-state index in [-0.39, 0.29) is 5.91 Å². The molecule has 3 aromatic rings. The van der Waals surface area contributed by atoms with Gasteiger partial charge >= 0.3 is 0 Å². The first kappa shape index (κ1) is 20.0. The quantitative estimate of drug-likeness (QED) is 0.538. The van der Waals surface area contributed by atoms with Crippen molar-refractivity contribution in [2.45, 2.75) is 0 Å². The molecule has 0 aliphatic rings. The fourth-order valence-corrected chi connectivity index (χ4v) is 2.60. The van der Waals surface area contributed by atoms with Crippen LogP contribution in [-0.4, -0.2) is 38.3 Å². The van der Waals surface area contributed by atoms with Crippen LogP contribution in [0.25, 0.3) is 0 Å². The minimum Gasteiger partial charge on any atom is -0.497 e. The lowest BCUT2D eigenvalue weighted by atomic mass is 10.2. The zero-order valence-corrected chi connectivity index (χ0v) is 16.3. The number of pyridine rings is 1. The zero-order valence-electron chi connectivity index (χ0n) is 16.3. The number of hydrogen-bond donors (Lipinski definition) is 2. The maximum atomic E-state index is 12.4. The van der Waals surface area contributed by atoms with Crippen molar-refractivity contribution in [3.8, 4) is 17.2 Å². The van der Waals surface area contributed by atoms with Crippen LogP contribution in [0.2, 0.25) is 0 Å². The summed E-state index contributed by atoms with van der Waals surface area (Å²) in [6, 6.07) is 18.1. The molecule has 0 unspecified atom stereocenters. The van der Waals surface area contributed by atoms with Gasteiger partial charge < -0.3 is 24.8 Å². The van der Waals surface area contributed by atoms with E-state index in [0.29, 0.717) is 30.3 Å². The Bertz CT molecular complexity index is 928. The van der Waals surface area contributed by atoms with E-state index >= 15 is 0 Å². The molecular weight excluding hydrogens is 370 g/mol. The molecule has 1 amide bonds. The van der Waals surface area contributed by atoms with Gasteiger partial charge in [0.05, 0.1) is 31.8 Å². The van der Waals surface area contributed by atoms with Gasteiger partial charge in [-0.1, -0.05) is 12.1 Å². The van der Waals surface area contributed by atoms with Crippen LogP contribution in [0, 0.1) is 0 Å². The number of rotatable bonds is 9.